The van der Waals surface area contributed by atoms with Crippen LogP contribution in [0.5, 0.6) is 0 Å². The van der Waals surface area contributed by atoms with E-state index < -0.39 is 0 Å². The van der Waals surface area contributed by atoms with Gasteiger partial charge in [-0.2, -0.15) is 0 Å². The van der Waals surface area contributed by atoms with E-state index in [-0.39, 0.29) is 30.3 Å². The number of hydrogen-bond donors (Lipinski definition) is 2. The maximum atomic E-state index is 12.3. The van der Waals surface area contributed by atoms with Gasteiger partial charge in [0, 0.05) is 19.7 Å². The molecule has 2 rings (SSSR count). The Labute approximate surface area is 109 Å². The molecule has 0 spiro atoms. The lowest BCUT2D eigenvalue weighted by Gasteiger charge is -2.12. The third kappa shape index (κ3) is 2.46. The third-order valence-corrected chi connectivity index (χ3v) is 2.88. The molecule has 2 N–H and O–H groups in total. The van der Waals surface area contributed by atoms with Crippen LogP contribution < -0.4 is 11.2 Å². The lowest BCUT2D eigenvalue weighted by Crippen LogP contribution is -2.41. The zero-order valence-corrected chi connectivity index (χ0v) is 11.1. The topological polar surface area (TPSA) is 92.9 Å². The van der Waals surface area contributed by atoms with Crippen molar-refractivity contribution in [1.82, 2.24) is 19.1 Å². The monoisotopic (exact) mass is 266 g/mol. The highest BCUT2D eigenvalue weighted by Crippen LogP contribution is 2.05. The zero-order valence-electron chi connectivity index (χ0n) is 11.1. The predicted octanol–water partition coefficient (Wildman–Crippen LogP) is -0.0753. The fraction of sp³-hybridized carbons (Fsp3) is 0.583. The van der Waals surface area contributed by atoms with Crippen LogP contribution in [-0.4, -0.2) is 30.8 Å². The summed E-state index contributed by atoms with van der Waals surface area (Å²) in [5.74, 6) is 0.265. The minimum atomic E-state index is -0.383. The van der Waals surface area contributed by atoms with Crippen LogP contribution in [0.4, 0.5) is 0 Å². The van der Waals surface area contributed by atoms with Gasteiger partial charge in [0.05, 0.1) is 6.33 Å². The lowest BCUT2D eigenvalue weighted by molar-refractivity contribution is 0.277. The number of aliphatic hydroxyl groups is 1. The van der Waals surface area contributed by atoms with E-state index in [0.29, 0.717) is 24.1 Å². The summed E-state index contributed by atoms with van der Waals surface area (Å²) >= 11 is 0. The average molecular weight is 266 g/mol. The predicted molar refractivity (Wildman–Crippen MR) is 71.2 cm³/mol. The molecule has 19 heavy (non-hydrogen) atoms. The van der Waals surface area contributed by atoms with E-state index in [0.717, 1.165) is 4.57 Å². The van der Waals surface area contributed by atoms with Gasteiger partial charge in [-0.05, 0) is 12.3 Å². The summed E-state index contributed by atoms with van der Waals surface area (Å²) < 4.78 is 2.66. The van der Waals surface area contributed by atoms with E-state index in [1.54, 1.807) is 0 Å². The summed E-state index contributed by atoms with van der Waals surface area (Å²) in [5, 5.41) is 8.85. The van der Waals surface area contributed by atoms with Crippen molar-refractivity contribution in [1.29, 1.82) is 0 Å². The Bertz CT molecular complexity index is 680. The van der Waals surface area contributed by atoms with Gasteiger partial charge in [0.25, 0.3) is 5.56 Å². The Balaban J connectivity index is 2.68. The summed E-state index contributed by atoms with van der Waals surface area (Å²) in [6.45, 7) is 4.64. The molecule has 7 nitrogen and oxygen atoms in total. The van der Waals surface area contributed by atoms with E-state index in [4.69, 9.17) is 5.11 Å². The Kier molecular flexibility index (Phi) is 3.84. The number of rotatable bonds is 5. The maximum Gasteiger partial charge on any atom is 0.332 e. The molecule has 7 heteroatoms. The van der Waals surface area contributed by atoms with Crippen LogP contribution in [0.3, 0.4) is 0 Å². The van der Waals surface area contributed by atoms with Crippen molar-refractivity contribution in [2.75, 3.05) is 6.61 Å². The molecule has 104 valence electrons. The van der Waals surface area contributed by atoms with Gasteiger partial charge in [-0.15, -0.1) is 0 Å². The number of imidazole rings is 1. The second-order valence-corrected chi connectivity index (χ2v) is 4.92. The van der Waals surface area contributed by atoms with Gasteiger partial charge >= 0.3 is 5.69 Å². The van der Waals surface area contributed by atoms with E-state index in [2.05, 4.69) is 9.97 Å². The van der Waals surface area contributed by atoms with Crippen molar-refractivity contribution in [3.63, 3.8) is 0 Å². The molecule has 0 saturated carbocycles. The van der Waals surface area contributed by atoms with Gasteiger partial charge < -0.3 is 10.1 Å². The first-order chi connectivity index (χ1) is 9.06. The first kappa shape index (κ1) is 13.5. The standard InChI is InChI=1S/C12H18N4O3/c1-8(2)6-16-10-9(13-7-14-10)11(18)15(12(16)19)4-3-5-17/h7-8,17H,3-6H2,1-2H3,(H,13,14). The van der Waals surface area contributed by atoms with E-state index in [1.165, 1.54) is 10.9 Å². The van der Waals surface area contributed by atoms with Gasteiger partial charge in [-0.25, -0.2) is 9.78 Å². The van der Waals surface area contributed by atoms with E-state index in [9.17, 15) is 9.59 Å². The van der Waals surface area contributed by atoms with Crippen LogP contribution in [0.2, 0.25) is 0 Å². The fourth-order valence-electron chi connectivity index (χ4n) is 2.06. The number of aromatic nitrogens is 4. The number of hydrogen-bond acceptors (Lipinski definition) is 4. The highest BCUT2D eigenvalue weighted by molar-refractivity contribution is 5.68. The minimum Gasteiger partial charge on any atom is -0.396 e. The summed E-state index contributed by atoms with van der Waals surface area (Å²) in [4.78, 5) is 31.3. The molecular weight excluding hydrogens is 248 g/mol. The molecular formula is C12H18N4O3. The molecule has 0 amide bonds. The number of aliphatic hydroxyl groups excluding tert-OH is 1. The van der Waals surface area contributed by atoms with Gasteiger partial charge in [0.1, 0.15) is 5.52 Å². The van der Waals surface area contributed by atoms with Crippen molar-refractivity contribution in [2.24, 2.45) is 5.92 Å². The van der Waals surface area contributed by atoms with Crippen molar-refractivity contribution < 1.29 is 5.11 Å². The number of nitrogens with zero attached hydrogens (tertiary/aromatic N) is 3. The molecule has 0 atom stereocenters. The Morgan fingerprint density at radius 2 is 2.11 bits per heavy atom. The molecule has 0 aliphatic heterocycles. The Hall–Kier alpha value is -1.89. The first-order valence-electron chi connectivity index (χ1n) is 6.33. The largest absolute Gasteiger partial charge is 0.396 e. The molecule has 0 radical (unpaired) electrons. The maximum absolute atomic E-state index is 12.3. The molecule has 0 aliphatic rings. The normalized spacial score (nSPS) is 11.6. The first-order valence-corrected chi connectivity index (χ1v) is 6.33. The molecule has 2 aromatic heterocycles. The van der Waals surface area contributed by atoms with Gasteiger partial charge in [0.15, 0.2) is 5.65 Å². The molecule has 0 aromatic carbocycles. The molecule has 0 aliphatic carbocycles. The van der Waals surface area contributed by atoms with Gasteiger partial charge in [0.2, 0.25) is 0 Å². The third-order valence-electron chi connectivity index (χ3n) is 2.88. The summed E-state index contributed by atoms with van der Waals surface area (Å²) in [6, 6.07) is 0. The second kappa shape index (κ2) is 5.40. The van der Waals surface area contributed by atoms with Gasteiger partial charge in [-0.3, -0.25) is 13.9 Å². The van der Waals surface area contributed by atoms with Crippen LogP contribution in [0.15, 0.2) is 15.9 Å². The number of nitrogens with one attached hydrogen (secondary N) is 1. The Morgan fingerprint density at radius 1 is 1.37 bits per heavy atom. The Morgan fingerprint density at radius 3 is 2.74 bits per heavy atom. The summed E-state index contributed by atoms with van der Waals surface area (Å²) in [5.41, 5.74) is -0.0279. The highest BCUT2D eigenvalue weighted by atomic mass is 16.3. The van der Waals surface area contributed by atoms with E-state index in [1.807, 2.05) is 13.8 Å². The van der Waals surface area contributed by atoms with Crippen LogP contribution in [0, 0.1) is 5.92 Å². The minimum absolute atomic E-state index is 0.0585. The number of fused-ring (bicyclic) bond motifs is 1. The number of aromatic amines is 1. The van der Waals surface area contributed by atoms with Crippen molar-refractivity contribution in [3.8, 4) is 0 Å². The smallest absolute Gasteiger partial charge is 0.332 e. The average Bonchev–Trinajstić information content (AvgIpc) is 2.83. The molecule has 0 fully saturated rings. The fourth-order valence-corrected chi connectivity index (χ4v) is 2.06. The molecule has 2 heterocycles. The SMILES string of the molecule is CC(C)Cn1c(=O)n(CCCO)c(=O)c2[nH]cnc21. The lowest BCUT2D eigenvalue weighted by atomic mass is 10.2. The van der Waals surface area contributed by atoms with Crippen LogP contribution in [0.25, 0.3) is 11.2 Å². The zero-order chi connectivity index (χ0) is 14.0. The quantitative estimate of drug-likeness (QED) is 0.792. The van der Waals surface area contributed by atoms with Crippen LogP contribution >= 0.6 is 0 Å². The van der Waals surface area contributed by atoms with Crippen LogP contribution in [0.1, 0.15) is 20.3 Å². The molecule has 0 unspecified atom stereocenters. The van der Waals surface area contributed by atoms with Crippen LogP contribution in [-0.2, 0) is 13.1 Å². The molecule has 0 bridgehead atoms. The molecule has 0 saturated heterocycles. The van der Waals surface area contributed by atoms with E-state index >= 15 is 0 Å². The summed E-state index contributed by atoms with van der Waals surface area (Å²) in [6.07, 6.45) is 1.79. The highest BCUT2D eigenvalue weighted by Gasteiger charge is 2.15. The van der Waals surface area contributed by atoms with Crippen molar-refractivity contribution in [2.45, 2.75) is 33.4 Å². The second-order valence-electron chi connectivity index (χ2n) is 4.92. The molecule has 2 aromatic rings. The van der Waals surface area contributed by atoms with Crippen molar-refractivity contribution in [3.05, 3.63) is 27.2 Å². The summed E-state index contributed by atoms with van der Waals surface area (Å²) in [7, 11) is 0. The van der Waals surface area contributed by atoms with Gasteiger partial charge in [-0.1, -0.05) is 13.8 Å². The number of H-pyrrole nitrogens is 1. The van der Waals surface area contributed by atoms with Crippen molar-refractivity contribution >= 4 is 11.2 Å².